The number of aryl methyl sites for hydroxylation is 2. The van der Waals surface area contributed by atoms with Crippen LogP contribution in [-0.2, 0) is 37.0 Å². The molecule has 0 spiro atoms. The van der Waals surface area contributed by atoms with Crippen LogP contribution < -0.4 is 10.6 Å². The zero-order valence-electron chi connectivity index (χ0n) is 21.4. The number of carbonyl (C=O) groups excluding carboxylic acids is 1. The summed E-state index contributed by atoms with van der Waals surface area (Å²) in [6.45, 7) is 1.16. The maximum Gasteiger partial charge on any atom is 0.326 e. The number of benzene rings is 1. The van der Waals surface area contributed by atoms with Gasteiger partial charge >= 0.3 is 5.97 Å². The lowest BCUT2D eigenvalue weighted by Gasteiger charge is -2.35. The summed E-state index contributed by atoms with van der Waals surface area (Å²) in [5.74, 6) is -0.371. The molecular formula is C28H35N3O6S. The van der Waals surface area contributed by atoms with Crippen molar-refractivity contribution < 1.29 is 27.9 Å². The van der Waals surface area contributed by atoms with E-state index in [1.165, 1.54) is 17.7 Å². The second-order valence-electron chi connectivity index (χ2n) is 10.7. The lowest BCUT2D eigenvalue weighted by atomic mass is 9.79. The molecule has 2 heterocycles. The standard InChI is InChI=1S/C28H35N3O6S/c32-26(33)24(31-27(34)28(13-14-28)38(35,36)23-6-2-1-3-7-23)12-16-37-22-17-19(18-22)8-10-21-11-9-20-5-4-15-29-25(20)30-21/h1-3,6-7,9,11,19,22,24H,4-5,8,10,12-18H2,(H,29,30)(H,31,34)(H,32,33). The number of fused-ring (bicyclic) bond motifs is 1. The van der Waals surface area contributed by atoms with Crippen molar-refractivity contribution in [3.8, 4) is 0 Å². The molecule has 204 valence electrons. The number of hydrogen-bond donors (Lipinski definition) is 3. The Morgan fingerprint density at radius 2 is 1.92 bits per heavy atom. The third-order valence-corrected chi connectivity index (χ3v) is 10.5. The summed E-state index contributed by atoms with van der Waals surface area (Å²) < 4.78 is 30.4. The Hall–Kier alpha value is -2.98. The van der Waals surface area contributed by atoms with Gasteiger partial charge in [0.15, 0.2) is 14.6 Å². The van der Waals surface area contributed by atoms with Crippen LogP contribution in [0.25, 0.3) is 0 Å². The SMILES string of the molecule is O=C(O)C(CCOC1CC(CCc2ccc3c(n2)NCCC3)C1)NC(=O)C1(S(=O)(=O)c2ccccc2)CC1. The topological polar surface area (TPSA) is 135 Å². The van der Waals surface area contributed by atoms with Crippen molar-refractivity contribution in [2.24, 2.45) is 5.92 Å². The second kappa shape index (κ2) is 11.0. The first-order chi connectivity index (χ1) is 18.3. The zero-order valence-corrected chi connectivity index (χ0v) is 22.2. The van der Waals surface area contributed by atoms with Crippen LogP contribution in [0.5, 0.6) is 0 Å². The summed E-state index contributed by atoms with van der Waals surface area (Å²) in [6, 6.07) is 10.9. The summed E-state index contributed by atoms with van der Waals surface area (Å²) in [5, 5.41) is 15.5. The van der Waals surface area contributed by atoms with Gasteiger partial charge in [-0.05, 0) is 81.0 Å². The van der Waals surface area contributed by atoms with E-state index in [1.807, 2.05) is 0 Å². The van der Waals surface area contributed by atoms with Crippen molar-refractivity contribution in [3.05, 3.63) is 53.7 Å². The number of anilines is 1. The molecule has 2 saturated carbocycles. The molecule has 0 saturated heterocycles. The number of nitrogens with one attached hydrogen (secondary N) is 2. The van der Waals surface area contributed by atoms with E-state index in [-0.39, 0.29) is 36.9 Å². The number of hydrogen-bond acceptors (Lipinski definition) is 7. The highest BCUT2D eigenvalue weighted by Gasteiger charge is 2.61. The molecule has 1 unspecified atom stereocenters. The zero-order chi connectivity index (χ0) is 26.8. The smallest absolute Gasteiger partial charge is 0.326 e. The van der Waals surface area contributed by atoms with E-state index in [1.54, 1.807) is 18.2 Å². The van der Waals surface area contributed by atoms with Crippen molar-refractivity contribution in [2.75, 3.05) is 18.5 Å². The van der Waals surface area contributed by atoms with Crippen molar-refractivity contribution in [1.29, 1.82) is 0 Å². The van der Waals surface area contributed by atoms with E-state index in [0.29, 0.717) is 5.92 Å². The van der Waals surface area contributed by atoms with Crippen LogP contribution in [0, 0.1) is 5.92 Å². The highest BCUT2D eigenvalue weighted by molar-refractivity contribution is 7.94. The summed E-state index contributed by atoms with van der Waals surface area (Å²) >= 11 is 0. The Labute approximate surface area is 223 Å². The summed E-state index contributed by atoms with van der Waals surface area (Å²) in [6.07, 6.45) is 6.56. The Morgan fingerprint density at radius 3 is 2.63 bits per heavy atom. The fourth-order valence-electron chi connectivity index (χ4n) is 5.36. The second-order valence-corrected chi connectivity index (χ2v) is 12.9. The molecule has 5 rings (SSSR count). The summed E-state index contributed by atoms with van der Waals surface area (Å²) in [7, 11) is -3.91. The van der Waals surface area contributed by atoms with Gasteiger partial charge in [-0.3, -0.25) is 4.79 Å². The normalized spacial score (nSPS) is 22.3. The van der Waals surface area contributed by atoms with Gasteiger partial charge in [0, 0.05) is 25.3 Å². The third kappa shape index (κ3) is 5.56. The number of carbonyl (C=O) groups is 2. The molecule has 1 aliphatic heterocycles. The maximum atomic E-state index is 13.1. The average molecular weight is 542 g/mol. The Morgan fingerprint density at radius 1 is 1.16 bits per heavy atom. The van der Waals surface area contributed by atoms with Crippen LogP contribution in [-0.4, -0.2) is 60.4 Å². The van der Waals surface area contributed by atoms with Gasteiger partial charge in [-0.1, -0.05) is 24.3 Å². The van der Waals surface area contributed by atoms with Crippen LogP contribution >= 0.6 is 0 Å². The first-order valence-corrected chi connectivity index (χ1v) is 14.9. The molecule has 1 atom stereocenters. The molecular weight excluding hydrogens is 506 g/mol. The molecule has 1 aromatic carbocycles. The molecule has 1 aromatic heterocycles. The predicted molar refractivity (Wildman–Crippen MR) is 142 cm³/mol. The molecule has 2 aliphatic carbocycles. The lowest BCUT2D eigenvalue weighted by Crippen LogP contribution is -2.49. The van der Waals surface area contributed by atoms with E-state index < -0.39 is 32.5 Å². The predicted octanol–water partition coefficient (Wildman–Crippen LogP) is 3.13. The van der Waals surface area contributed by atoms with Gasteiger partial charge in [0.1, 0.15) is 11.9 Å². The number of sulfone groups is 1. The van der Waals surface area contributed by atoms with Crippen LogP contribution in [0.15, 0.2) is 47.4 Å². The van der Waals surface area contributed by atoms with Crippen LogP contribution in [0.2, 0.25) is 0 Å². The fraction of sp³-hybridized carbons (Fsp3) is 0.536. The quantitative estimate of drug-likeness (QED) is 0.373. The fourth-order valence-corrected chi connectivity index (χ4v) is 7.27. The molecule has 1 amide bonds. The highest BCUT2D eigenvalue weighted by Crippen LogP contribution is 2.47. The minimum absolute atomic E-state index is 0.0708. The van der Waals surface area contributed by atoms with Crippen molar-refractivity contribution in [2.45, 2.75) is 79.6 Å². The van der Waals surface area contributed by atoms with Crippen molar-refractivity contribution in [1.82, 2.24) is 10.3 Å². The van der Waals surface area contributed by atoms with Gasteiger partial charge in [0.05, 0.1) is 11.0 Å². The Bertz CT molecular complexity index is 1270. The molecule has 9 nitrogen and oxygen atoms in total. The van der Waals surface area contributed by atoms with Crippen molar-refractivity contribution in [3.63, 3.8) is 0 Å². The molecule has 0 radical (unpaired) electrons. The number of ether oxygens (including phenoxy) is 1. The van der Waals surface area contributed by atoms with E-state index in [0.717, 1.165) is 56.6 Å². The van der Waals surface area contributed by atoms with Gasteiger partial charge in [0.25, 0.3) is 0 Å². The summed E-state index contributed by atoms with van der Waals surface area (Å²) in [4.78, 5) is 29.6. The first kappa shape index (κ1) is 26.6. The number of aliphatic carboxylic acids is 1. The number of carboxylic acid groups (broad SMARTS) is 1. The number of aromatic nitrogens is 1. The largest absolute Gasteiger partial charge is 0.480 e. The maximum absolute atomic E-state index is 13.1. The number of pyridine rings is 1. The number of carboxylic acids is 1. The summed E-state index contributed by atoms with van der Waals surface area (Å²) in [5.41, 5.74) is 2.39. The molecule has 2 aromatic rings. The van der Waals surface area contributed by atoms with E-state index in [2.05, 4.69) is 22.8 Å². The Balaban J connectivity index is 1.05. The number of amides is 1. The van der Waals surface area contributed by atoms with Crippen LogP contribution in [0.1, 0.15) is 56.2 Å². The molecule has 3 N–H and O–H groups in total. The van der Waals surface area contributed by atoms with E-state index >= 15 is 0 Å². The van der Waals surface area contributed by atoms with Gasteiger partial charge < -0.3 is 20.5 Å². The molecule has 3 aliphatic rings. The van der Waals surface area contributed by atoms with E-state index in [9.17, 15) is 23.1 Å². The number of nitrogens with zero attached hydrogens (tertiary/aromatic N) is 1. The lowest BCUT2D eigenvalue weighted by molar-refractivity contribution is -0.142. The minimum atomic E-state index is -3.91. The Kier molecular flexibility index (Phi) is 7.72. The molecule has 38 heavy (non-hydrogen) atoms. The van der Waals surface area contributed by atoms with Gasteiger partial charge in [-0.25, -0.2) is 18.2 Å². The van der Waals surface area contributed by atoms with Crippen LogP contribution in [0.4, 0.5) is 5.82 Å². The van der Waals surface area contributed by atoms with Gasteiger partial charge in [-0.2, -0.15) is 0 Å². The van der Waals surface area contributed by atoms with Crippen molar-refractivity contribution >= 4 is 27.5 Å². The molecule has 2 fully saturated rings. The van der Waals surface area contributed by atoms with Gasteiger partial charge in [-0.15, -0.1) is 0 Å². The van der Waals surface area contributed by atoms with E-state index in [4.69, 9.17) is 9.72 Å². The first-order valence-electron chi connectivity index (χ1n) is 13.5. The molecule has 10 heteroatoms. The highest BCUT2D eigenvalue weighted by atomic mass is 32.2. The average Bonchev–Trinajstić information content (AvgIpc) is 3.72. The van der Waals surface area contributed by atoms with Gasteiger partial charge in [0.2, 0.25) is 5.91 Å². The van der Waals surface area contributed by atoms with Crippen LogP contribution in [0.3, 0.4) is 0 Å². The minimum Gasteiger partial charge on any atom is -0.480 e. The third-order valence-electron chi connectivity index (χ3n) is 8.00. The monoisotopic (exact) mass is 541 g/mol. The number of rotatable bonds is 12. The molecule has 0 bridgehead atoms.